The lowest BCUT2D eigenvalue weighted by Gasteiger charge is -2.58. The molecule has 3 N–H and O–H groups in total. The Kier molecular flexibility index (Phi) is 5.83. The molecule has 12 nitrogen and oxygen atoms in total. The van der Waals surface area contributed by atoms with Crippen LogP contribution in [0.3, 0.4) is 0 Å². The van der Waals surface area contributed by atoms with Crippen LogP contribution >= 0.6 is 7.82 Å². The first-order valence-corrected chi connectivity index (χ1v) is 14.4. The fourth-order valence-electron chi connectivity index (χ4n) is 6.39. The fraction of sp³-hybridized carbons (Fsp3) is 0.276. The predicted molar refractivity (Wildman–Crippen MR) is 145 cm³/mol. The van der Waals surface area contributed by atoms with Gasteiger partial charge in [-0.15, -0.1) is 0 Å². The predicted octanol–water partition coefficient (Wildman–Crippen LogP) is 3.83. The van der Waals surface area contributed by atoms with Crippen molar-refractivity contribution < 1.29 is 47.5 Å². The van der Waals surface area contributed by atoms with Crippen molar-refractivity contribution in [3.63, 3.8) is 0 Å². The molecule has 2 aliphatic heterocycles. The second-order valence-corrected chi connectivity index (χ2v) is 12.5. The van der Waals surface area contributed by atoms with E-state index in [0.717, 1.165) is 5.57 Å². The molecule has 0 saturated heterocycles. The van der Waals surface area contributed by atoms with Crippen LogP contribution in [0.4, 0.5) is 4.79 Å². The van der Waals surface area contributed by atoms with E-state index < -0.39 is 48.0 Å². The Hall–Kier alpha value is -4.38. The molecule has 42 heavy (non-hydrogen) atoms. The standard InChI is InChI=1S/C29H25N2O10P/c1-14-7-8-19-27(2,3)23(32)17(15-6-5-9-30-13-15)12-29(19)28(14,4)11-16-10-18(39-26(35)41-42(36,37)38)20-21(22(16)40-29)25(34)31-24(20)33/h5-10,12-13H,11H2,1-4H3,(H,31,33,34)(H2,36,37,38). The second-order valence-electron chi connectivity index (χ2n) is 11.4. The largest absolute Gasteiger partial charge is 0.529 e. The SMILES string of the molecule is CC1=CC=C2C(C)(C)C(=O)C(c3cccnc3)=CC23Oc2c(cc(OC(=O)OP(=O)(O)O)c4c2C(=O)NC4=O)CC13C. The van der Waals surface area contributed by atoms with Gasteiger partial charge in [0.25, 0.3) is 11.8 Å². The van der Waals surface area contributed by atoms with Gasteiger partial charge in [0.1, 0.15) is 11.5 Å². The minimum atomic E-state index is -5.25. The summed E-state index contributed by atoms with van der Waals surface area (Å²) >= 11 is 0. The van der Waals surface area contributed by atoms with Crippen LogP contribution in [-0.4, -0.2) is 44.1 Å². The number of phosphoric ester groups is 1. The number of allylic oxidation sites excluding steroid dienone is 3. The maximum absolute atomic E-state index is 13.9. The molecule has 1 spiro atoms. The summed E-state index contributed by atoms with van der Waals surface area (Å²) in [5.41, 5.74) is -0.759. The molecule has 0 fully saturated rings. The lowest BCUT2D eigenvalue weighted by atomic mass is 9.51. The Labute approximate surface area is 239 Å². The number of aromatic nitrogens is 1. The van der Waals surface area contributed by atoms with E-state index in [-0.39, 0.29) is 29.1 Å². The summed E-state index contributed by atoms with van der Waals surface area (Å²) in [5.74, 6) is -2.20. The van der Waals surface area contributed by atoms with Crippen LogP contribution in [0.25, 0.3) is 5.57 Å². The zero-order valence-electron chi connectivity index (χ0n) is 22.9. The van der Waals surface area contributed by atoms with Crippen LogP contribution in [0.15, 0.2) is 60.0 Å². The Morgan fingerprint density at radius 2 is 1.83 bits per heavy atom. The average Bonchev–Trinajstić information content (AvgIpc) is 3.20. The number of ether oxygens (including phenoxy) is 2. The highest BCUT2D eigenvalue weighted by Crippen LogP contribution is 2.62. The lowest BCUT2D eigenvalue weighted by molar-refractivity contribution is -0.122. The van der Waals surface area contributed by atoms with E-state index >= 15 is 0 Å². The molecule has 216 valence electrons. The maximum atomic E-state index is 13.9. The normalized spacial score (nSPS) is 25.4. The molecule has 2 aliphatic carbocycles. The number of benzene rings is 1. The van der Waals surface area contributed by atoms with E-state index in [1.54, 1.807) is 30.6 Å². The molecular weight excluding hydrogens is 567 g/mol. The van der Waals surface area contributed by atoms with Gasteiger partial charge in [-0.1, -0.05) is 30.7 Å². The van der Waals surface area contributed by atoms with Crippen molar-refractivity contribution in [2.45, 2.75) is 39.7 Å². The Balaban J connectivity index is 1.60. The van der Waals surface area contributed by atoms with Gasteiger partial charge in [0.05, 0.1) is 16.5 Å². The molecule has 2 atom stereocenters. The summed E-state index contributed by atoms with van der Waals surface area (Å²) in [6, 6.07) is 4.83. The van der Waals surface area contributed by atoms with E-state index in [4.69, 9.17) is 19.3 Å². The molecular formula is C29H25N2O10P. The van der Waals surface area contributed by atoms with Gasteiger partial charge in [0.15, 0.2) is 11.4 Å². The minimum absolute atomic E-state index is 0.0640. The van der Waals surface area contributed by atoms with Gasteiger partial charge in [0.2, 0.25) is 0 Å². The summed E-state index contributed by atoms with van der Waals surface area (Å²) in [6.45, 7) is 7.50. The number of ketones is 1. The number of fused-ring (bicyclic) bond motifs is 3. The van der Waals surface area contributed by atoms with Crippen LogP contribution in [0, 0.1) is 10.8 Å². The number of carbonyl (C=O) groups is 4. The molecule has 1 aromatic carbocycles. The minimum Gasteiger partial charge on any atom is -0.477 e. The fourth-order valence-corrected chi connectivity index (χ4v) is 6.62. The lowest BCUT2D eigenvalue weighted by Crippen LogP contribution is -2.62. The zero-order valence-corrected chi connectivity index (χ0v) is 23.8. The van der Waals surface area contributed by atoms with Crippen LogP contribution in [0.2, 0.25) is 0 Å². The van der Waals surface area contributed by atoms with Crippen molar-refractivity contribution in [2.75, 3.05) is 0 Å². The van der Waals surface area contributed by atoms with Gasteiger partial charge < -0.3 is 14.0 Å². The third kappa shape index (κ3) is 3.83. The third-order valence-corrected chi connectivity index (χ3v) is 8.98. The third-order valence-electron chi connectivity index (χ3n) is 8.59. The van der Waals surface area contributed by atoms with Gasteiger partial charge in [-0.3, -0.25) is 34.5 Å². The first-order valence-electron chi connectivity index (χ1n) is 12.9. The summed E-state index contributed by atoms with van der Waals surface area (Å²) in [6.07, 6.45) is 7.19. The molecule has 2 unspecified atom stereocenters. The van der Waals surface area contributed by atoms with Crippen LogP contribution in [-0.2, 0) is 20.3 Å². The zero-order chi connectivity index (χ0) is 30.4. The molecule has 0 saturated carbocycles. The monoisotopic (exact) mass is 592 g/mol. The molecule has 0 bridgehead atoms. The summed E-state index contributed by atoms with van der Waals surface area (Å²) in [7, 11) is -5.25. The Morgan fingerprint density at radius 3 is 2.50 bits per heavy atom. The number of amides is 2. The highest BCUT2D eigenvalue weighted by molar-refractivity contribution is 7.46. The van der Waals surface area contributed by atoms with Crippen molar-refractivity contribution >= 4 is 37.1 Å². The number of Topliss-reactive ketones (excluding diaryl/α,β-unsaturated/α-hetero) is 1. The van der Waals surface area contributed by atoms with Crippen molar-refractivity contribution in [3.8, 4) is 11.5 Å². The van der Waals surface area contributed by atoms with E-state index in [9.17, 15) is 23.7 Å². The van der Waals surface area contributed by atoms with Gasteiger partial charge in [0, 0.05) is 28.9 Å². The summed E-state index contributed by atoms with van der Waals surface area (Å²) in [5, 5.41) is 2.16. The quantitative estimate of drug-likeness (QED) is 0.204. The number of hydrogen-bond acceptors (Lipinski definition) is 9. The smallest absolute Gasteiger partial charge is 0.477 e. The van der Waals surface area contributed by atoms with Crippen LogP contribution in [0.5, 0.6) is 11.5 Å². The number of hydrogen-bond donors (Lipinski definition) is 3. The highest BCUT2D eigenvalue weighted by Gasteiger charge is 2.63. The van der Waals surface area contributed by atoms with Crippen molar-refractivity contribution in [1.82, 2.24) is 10.3 Å². The van der Waals surface area contributed by atoms with E-state index in [0.29, 0.717) is 22.3 Å². The van der Waals surface area contributed by atoms with E-state index in [1.807, 2.05) is 39.8 Å². The van der Waals surface area contributed by atoms with Crippen LogP contribution in [0.1, 0.15) is 59.5 Å². The van der Waals surface area contributed by atoms with Gasteiger partial charge >= 0.3 is 14.0 Å². The van der Waals surface area contributed by atoms with E-state index in [1.165, 1.54) is 6.07 Å². The number of nitrogens with zero attached hydrogens (tertiary/aromatic N) is 1. The van der Waals surface area contributed by atoms with Crippen molar-refractivity contribution in [2.24, 2.45) is 10.8 Å². The molecule has 13 heteroatoms. The highest BCUT2D eigenvalue weighted by atomic mass is 31.2. The molecule has 2 aromatic rings. The average molecular weight is 592 g/mol. The van der Waals surface area contributed by atoms with Crippen LogP contribution < -0.4 is 14.8 Å². The van der Waals surface area contributed by atoms with Gasteiger partial charge in [-0.05, 0) is 56.5 Å². The van der Waals surface area contributed by atoms with Gasteiger partial charge in [-0.2, -0.15) is 0 Å². The Morgan fingerprint density at radius 1 is 1.12 bits per heavy atom. The van der Waals surface area contributed by atoms with E-state index in [2.05, 4.69) is 14.8 Å². The maximum Gasteiger partial charge on any atom is 0.529 e. The molecule has 3 heterocycles. The number of nitrogens with one attached hydrogen (secondary N) is 1. The number of imide groups is 1. The number of phosphoric acid groups is 1. The topological polar surface area (TPSA) is 178 Å². The van der Waals surface area contributed by atoms with Gasteiger partial charge in [-0.25, -0.2) is 9.36 Å². The number of pyridine rings is 1. The van der Waals surface area contributed by atoms with Crippen molar-refractivity contribution in [3.05, 3.63) is 82.2 Å². The summed E-state index contributed by atoms with van der Waals surface area (Å²) in [4.78, 5) is 74.2. The molecule has 4 aliphatic rings. The molecule has 2 amide bonds. The first kappa shape index (κ1) is 27.8. The second kappa shape index (κ2) is 8.81. The number of rotatable bonds is 3. The molecule has 1 aromatic heterocycles. The molecule has 0 radical (unpaired) electrons. The molecule has 6 rings (SSSR count). The Bertz CT molecular complexity index is 1780. The first-order chi connectivity index (χ1) is 19.6. The number of carbonyl (C=O) groups excluding carboxylic acids is 4. The summed E-state index contributed by atoms with van der Waals surface area (Å²) < 4.78 is 27.0. The van der Waals surface area contributed by atoms with Crippen molar-refractivity contribution in [1.29, 1.82) is 0 Å².